The smallest absolute Gasteiger partial charge is 0.240 e. The van der Waals surface area contributed by atoms with Gasteiger partial charge < -0.3 is 15.3 Å². The predicted molar refractivity (Wildman–Crippen MR) is 113 cm³/mol. The van der Waals surface area contributed by atoms with Crippen molar-refractivity contribution < 1.29 is 18.3 Å². The summed E-state index contributed by atoms with van der Waals surface area (Å²) < 4.78 is 26.5. The first-order chi connectivity index (χ1) is 13.8. The van der Waals surface area contributed by atoms with Crippen LogP contribution >= 0.6 is 0 Å². The van der Waals surface area contributed by atoms with Crippen LogP contribution in [0.25, 0.3) is 0 Å². The monoisotopic (exact) mass is 418 g/mol. The lowest BCUT2D eigenvalue weighted by atomic mass is 10.2. The maximum Gasteiger partial charge on any atom is 0.240 e. The van der Waals surface area contributed by atoms with E-state index < -0.39 is 10.0 Å². The van der Waals surface area contributed by atoms with Crippen LogP contribution in [0.4, 0.5) is 11.4 Å². The molecule has 2 aromatic rings. The number of piperazine rings is 1. The summed E-state index contributed by atoms with van der Waals surface area (Å²) in [6.45, 7) is 4.72. The number of carbonyl (C=O) groups excluding carboxylic acids is 1. The summed E-state index contributed by atoms with van der Waals surface area (Å²) in [7, 11) is -2.23. The summed E-state index contributed by atoms with van der Waals surface area (Å²) in [5.74, 6) is 0.0584. The van der Waals surface area contributed by atoms with E-state index in [1.165, 1.54) is 13.1 Å². The third kappa shape index (κ3) is 5.06. The molecular weight excluding hydrogens is 392 g/mol. The second-order valence-electron chi connectivity index (χ2n) is 6.99. The standard InChI is InChI=1S/C20H26N4O4S/c1-15-7-8-16(13-19(15)29(27,28)21-2)22-20(26)14-23-9-11-24(12-10-23)17-5-3-4-6-18(17)25/h3-8,13,21,25H,9-12,14H2,1-2H3,(H,22,26). The fourth-order valence-corrected chi connectivity index (χ4v) is 4.35. The van der Waals surface area contributed by atoms with E-state index in [-0.39, 0.29) is 23.1 Å². The summed E-state index contributed by atoms with van der Waals surface area (Å²) in [4.78, 5) is 16.7. The summed E-state index contributed by atoms with van der Waals surface area (Å²) >= 11 is 0. The molecule has 0 unspecified atom stereocenters. The van der Waals surface area contributed by atoms with Crippen LogP contribution in [0.2, 0.25) is 0 Å². The van der Waals surface area contributed by atoms with E-state index in [1.54, 1.807) is 31.2 Å². The van der Waals surface area contributed by atoms with Crippen LogP contribution in [0.3, 0.4) is 0 Å². The largest absolute Gasteiger partial charge is 0.506 e. The lowest BCUT2D eigenvalue weighted by Gasteiger charge is -2.35. The number of amides is 1. The Balaban J connectivity index is 1.57. The minimum absolute atomic E-state index is 0.147. The molecule has 0 bridgehead atoms. The molecule has 1 aliphatic heterocycles. The zero-order chi connectivity index (χ0) is 21.0. The van der Waals surface area contributed by atoms with E-state index in [9.17, 15) is 18.3 Å². The molecule has 1 amide bonds. The lowest BCUT2D eigenvalue weighted by molar-refractivity contribution is -0.117. The Labute approximate surface area is 171 Å². The van der Waals surface area contributed by atoms with Gasteiger partial charge in [-0.15, -0.1) is 0 Å². The van der Waals surface area contributed by atoms with Gasteiger partial charge in [0.2, 0.25) is 15.9 Å². The van der Waals surface area contributed by atoms with Gasteiger partial charge in [-0.2, -0.15) is 0 Å². The fourth-order valence-electron chi connectivity index (χ4n) is 3.36. The molecule has 0 saturated carbocycles. The van der Waals surface area contributed by atoms with Crippen molar-refractivity contribution in [2.24, 2.45) is 0 Å². The number of carbonyl (C=O) groups is 1. The van der Waals surface area contributed by atoms with Crippen LogP contribution in [0, 0.1) is 6.92 Å². The van der Waals surface area contributed by atoms with Gasteiger partial charge in [-0.3, -0.25) is 9.69 Å². The van der Waals surface area contributed by atoms with Crippen molar-refractivity contribution in [3.8, 4) is 5.75 Å². The SMILES string of the molecule is CNS(=O)(=O)c1cc(NC(=O)CN2CCN(c3ccccc3O)CC2)ccc1C. The molecule has 1 fully saturated rings. The number of aromatic hydroxyl groups is 1. The molecule has 156 valence electrons. The van der Waals surface area contributed by atoms with Crippen molar-refractivity contribution in [1.82, 2.24) is 9.62 Å². The highest BCUT2D eigenvalue weighted by Crippen LogP contribution is 2.27. The molecule has 0 aliphatic carbocycles. The summed E-state index contributed by atoms with van der Waals surface area (Å²) in [6, 6.07) is 12.1. The summed E-state index contributed by atoms with van der Waals surface area (Å²) in [5, 5.41) is 12.8. The number of benzene rings is 2. The lowest BCUT2D eigenvalue weighted by Crippen LogP contribution is -2.48. The van der Waals surface area contributed by atoms with Crippen molar-refractivity contribution in [3.05, 3.63) is 48.0 Å². The highest BCUT2D eigenvalue weighted by atomic mass is 32.2. The van der Waals surface area contributed by atoms with Crippen molar-refractivity contribution in [2.75, 3.05) is 50.0 Å². The van der Waals surface area contributed by atoms with Gasteiger partial charge in [-0.05, 0) is 43.8 Å². The Hall–Kier alpha value is -2.62. The zero-order valence-electron chi connectivity index (χ0n) is 16.6. The predicted octanol–water partition coefficient (Wildman–Crippen LogP) is 1.37. The first kappa shape index (κ1) is 21.1. The molecule has 29 heavy (non-hydrogen) atoms. The number of rotatable bonds is 6. The number of para-hydroxylation sites is 2. The van der Waals surface area contributed by atoms with Gasteiger partial charge in [-0.1, -0.05) is 18.2 Å². The van der Waals surface area contributed by atoms with Crippen molar-refractivity contribution >= 4 is 27.3 Å². The minimum Gasteiger partial charge on any atom is -0.506 e. The molecule has 0 spiro atoms. The topological polar surface area (TPSA) is 102 Å². The molecular formula is C20H26N4O4S. The van der Waals surface area contributed by atoms with Crippen molar-refractivity contribution in [1.29, 1.82) is 0 Å². The second kappa shape index (κ2) is 8.81. The number of aryl methyl sites for hydroxylation is 1. The molecule has 0 aromatic heterocycles. The Bertz CT molecular complexity index is 986. The number of sulfonamides is 1. The number of anilines is 2. The molecule has 3 N–H and O–H groups in total. The average molecular weight is 419 g/mol. The first-order valence-electron chi connectivity index (χ1n) is 9.39. The maximum absolute atomic E-state index is 12.4. The van der Waals surface area contributed by atoms with Crippen LogP contribution < -0.4 is 14.9 Å². The molecule has 3 rings (SSSR count). The third-order valence-electron chi connectivity index (χ3n) is 4.99. The van der Waals surface area contributed by atoms with Crippen LogP contribution in [0.5, 0.6) is 5.75 Å². The summed E-state index contributed by atoms with van der Waals surface area (Å²) in [6.07, 6.45) is 0. The van der Waals surface area contributed by atoms with Gasteiger partial charge in [0.05, 0.1) is 17.1 Å². The Morgan fingerprint density at radius 1 is 1.10 bits per heavy atom. The highest BCUT2D eigenvalue weighted by molar-refractivity contribution is 7.89. The highest BCUT2D eigenvalue weighted by Gasteiger charge is 2.21. The van der Waals surface area contributed by atoms with Gasteiger partial charge in [0.1, 0.15) is 5.75 Å². The number of phenols is 1. The maximum atomic E-state index is 12.4. The first-order valence-corrected chi connectivity index (χ1v) is 10.9. The third-order valence-corrected chi connectivity index (χ3v) is 6.55. The molecule has 8 nitrogen and oxygen atoms in total. The minimum atomic E-state index is -3.59. The molecule has 1 saturated heterocycles. The molecule has 2 aromatic carbocycles. The molecule has 0 atom stereocenters. The Kier molecular flexibility index (Phi) is 6.41. The Morgan fingerprint density at radius 2 is 1.79 bits per heavy atom. The van der Waals surface area contributed by atoms with E-state index >= 15 is 0 Å². The Morgan fingerprint density at radius 3 is 2.45 bits per heavy atom. The molecule has 0 radical (unpaired) electrons. The van der Waals surface area contributed by atoms with Crippen LogP contribution in [-0.4, -0.2) is 64.1 Å². The molecule has 1 aliphatic rings. The van der Waals surface area contributed by atoms with Gasteiger partial charge in [-0.25, -0.2) is 13.1 Å². The summed E-state index contributed by atoms with van der Waals surface area (Å²) in [5.41, 5.74) is 1.86. The van der Waals surface area contributed by atoms with E-state index in [1.807, 2.05) is 17.0 Å². The van der Waals surface area contributed by atoms with Gasteiger partial charge in [0.25, 0.3) is 0 Å². The van der Waals surface area contributed by atoms with E-state index in [4.69, 9.17) is 0 Å². The quantitative estimate of drug-likeness (QED) is 0.655. The van der Waals surface area contributed by atoms with Crippen LogP contribution in [0.15, 0.2) is 47.4 Å². The van der Waals surface area contributed by atoms with Crippen LogP contribution in [-0.2, 0) is 14.8 Å². The van der Waals surface area contributed by atoms with E-state index in [0.717, 1.165) is 5.69 Å². The normalized spacial score (nSPS) is 15.3. The number of hydrogen-bond acceptors (Lipinski definition) is 6. The number of phenolic OH excluding ortho intramolecular Hbond substituents is 1. The van der Waals surface area contributed by atoms with Crippen LogP contribution in [0.1, 0.15) is 5.56 Å². The number of nitrogens with one attached hydrogen (secondary N) is 2. The number of hydrogen-bond donors (Lipinski definition) is 3. The zero-order valence-corrected chi connectivity index (χ0v) is 17.4. The van der Waals surface area contributed by atoms with Gasteiger partial charge in [0, 0.05) is 31.9 Å². The van der Waals surface area contributed by atoms with E-state index in [0.29, 0.717) is 37.4 Å². The number of nitrogens with zero attached hydrogens (tertiary/aromatic N) is 2. The van der Waals surface area contributed by atoms with Gasteiger partial charge >= 0.3 is 0 Å². The molecule has 9 heteroatoms. The van der Waals surface area contributed by atoms with Crippen molar-refractivity contribution in [3.63, 3.8) is 0 Å². The fraction of sp³-hybridized carbons (Fsp3) is 0.350. The van der Waals surface area contributed by atoms with Gasteiger partial charge in [0.15, 0.2) is 0 Å². The second-order valence-corrected chi connectivity index (χ2v) is 8.84. The molecule has 1 heterocycles. The van der Waals surface area contributed by atoms with E-state index in [2.05, 4.69) is 14.9 Å². The van der Waals surface area contributed by atoms with Crippen molar-refractivity contribution in [2.45, 2.75) is 11.8 Å². The average Bonchev–Trinajstić information content (AvgIpc) is 2.70.